The van der Waals surface area contributed by atoms with Gasteiger partial charge in [0.25, 0.3) is 11.5 Å². The molecule has 0 spiro atoms. The molecule has 0 N–H and O–H groups in total. The number of carbonyl (C=O) groups is 2. The fraction of sp³-hybridized carbons (Fsp3) is 0.346. The van der Waals surface area contributed by atoms with E-state index in [9.17, 15) is 19.2 Å². The second-order valence-corrected chi connectivity index (χ2v) is 9.06. The quantitative estimate of drug-likeness (QED) is 0.472. The lowest BCUT2D eigenvalue weighted by Gasteiger charge is -2.31. The van der Waals surface area contributed by atoms with Gasteiger partial charge in [-0.3, -0.25) is 14.4 Å². The molecule has 0 unspecified atom stereocenters. The minimum Gasteiger partial charge on any atom is -0.466 e. The van der Waals surface area contributed by atoms with Gasteiger partial charge in [0.15, 0.2) is 0 Å². The van der Waals surface area contributed by atoms with Crippen LogP contribution in [-0.4, -0.2) is 50.8 Å². The molecular formula is C26H27ClN4O5. The van der Waals surface area contributed by atoms with E-state index in [0.29, 0.717) is 30.1 Å². The lowest BCUT2D eigenvalue weighted by atomic mass is 9.98. The van der Waals surface area contributed by atoms with Crippen LogP contribution in [0.1, 0.15) is 48.8 Å². The highest BCUT2D eigenvalue weighted by Gasteiger charge is 2.33. The van der Waals surface area contributed by atoms with Gasteiger partial charge in [-0.2, -0.15) is 9.78 Å². The summed E-state index contributed by atoms with van der Waals surface area (Å²) in [5.74, 6) is -1.48. The Morgan fingerprint density at radius 1 is 1.11 bits per heavy atom. The highest BCUT2D eigenvalue weighted by atomic mass is 35.5. The fourth-order valence-electron chi connectivity index (χ4n) is 4.36. The minimum atomic E-state index is -0.787. The molecule has 1 fully saturated rings. The van der Waals surface area contributed by atoms with Crippen LogP contribution in [-0.2, 0) is 9.53 Å². The molecule has 2 heterocycles. The molecule has 1 aromatic heterocycles. The first-order valence-corrected chi connectivity index (χ1v) is 12.2. The van der Waals surface area contributed by atoms with E-state index >= 15 is 0 Å². The van der Waals surface area contributed by atoms with Crippen LogP contribution in [0.15, 0.2) is 64.2 Å². The van der Waals surface area contributed by atoms with E-state index in [1.54, 1.807) is 50.2 Å². The third-order valence-corrected chi connectivity index (χ3v) is 6.53. The maximum absolute atomic E-state index is 13.6. The SMILES string of the molecule is CCOC(=O)[C@H]1CCCN(C(=O)c2nn(-c3ccc(Cl)cc3)c(=O)n([C@@H](C)c3ccccc3)c2=O)C1. The van der Waals surface area contributed by atoms with Gasteiger partial charge >= 0.3 is 11.7 Å². The Morgan fingerprint density at radius 2 is 1.81 bits per heavy atom. The highest BCUT2D eigenvalue weighted by Crippen LogP contribution is 2.20. The van der Waals surface area contributed by atoms with E-state index in [-0.39, 0.29) is 19.1 Å². The molecule has 10 heteroatoms. The second-order valence-electron chi connectivity index (χ2n) is 8.62. The van der Waals surface area contributed by atoms with Gasteiger partial charge in [-0.15, -0.1) is 0 Å². The van der Waals surface area contributed by atoms with Crippen molar-refractivity contribution in [2.45, 2.75) is 32.7 Å². The van der Waals surface area contributed by atoms with E-state index < -0.39 is 34.8 Å². The van der Waals surface area contributed by atoms with Crippen molar-refractivity contribution < 1.29 is 14.3 Å². The summed E-state index contributed by atoms with van der Waals surface area (Å²) in [7, 11) is 0. The van der Waals surface area contributed by atoms with Crippen molar-refractivity contribution in [2.24, 2.45) is 5.92 Å². The average molecular weight is 511 g/mol. The van der Waals surface area contributed by atoms with Crippen molar-refractivity contribution in [1.82, 2.24) is 19.2 Å². The molecule has 188 valence electrons. The summed E-state index contributed by atoms with van der Waals surface area (Å²) in [4.78, 5) is 54.4. The van der Waals surface area contributed by atoms with Gasteiger partial charge in [-0.25, -0.2) is 9.36 Å². The zero-order valence-corrected chi connectivity index (χ0v) is 20.9. The fourth-order valence-corrected chi connectivity index (χ4v) is 4.49. The Balaban J connectivity index is 1.82. The smallest absolute Gasteiger partial charge is 0.352 e. The number of aromatic nitrogens is 3. The van der Waals surface area contributed by atoms with E-state index in [4.69, 9.17) is 16.3 Å². The summed E-state index contributed by atoms with van der Waals surface area (Å²) in [6.45, 7) is 4.18. The number of hydrogen-bond acceptors (Lipinski definition) is 6. The number of nitrogens with zero attached hydrogens (tertiary/aromatic N) is 4. The van der Waals surface area contributed by atoms with E-state index in [1.165, 1.54) is 4.90 Å². The molecule has 0 radical (unpaired) electrons. The van der Waals surface area contributed by atoms with Crippen LogP contribution in [0.5, 0.6) is 0 Å². The summed E-state index contributed by atoms with van der Waals surface area (Å²) < 4.78 is 7.20. The molecular weight excluding hydrogens is 484 g/mol. The first-order chi connectivity index (χ1) is 17.3. The molecule has 9 nitrogen and oxygen atoms in total. The Kier molecular flexibility index (Phi) is 7.69. The monoisotopic (exact) mass is 510 g/mol. The lowest BCUT2D eigenvalue weighted by Crippen LogP contribution is -2.50. The normalized spacial score (nSPS) is 16.4. The molecule has 2 aromatic carbocycles. The van der Waals surface area contributed by atoms with Crippen LogP contribution in [0.3, 0.4) is 0 Å². The van der Waals surface area contributed by atoms with Gasteiger partial charge in [0.05, 0.1) is 24.3 Å². The van der Waals surface area contributed by atoms with Crippen LogP contribution in [0.25, 0.3) is 5.69 Å². The molecule has 0 aliphatic carbocycles. The maximum atomic E-state index is 13.6. The Hall–Kier alpha value is -3.72. The molecule has 1 amide bonds. The number of piperidine rings is 1. The largest absolute Gasteiger partial charge is 0.466 e. The van der Waals surface area contributed by atoms with Crippen LogP contribution >= 0.6 is 11.6 Å². The van der Waals surface area contributed by atoms with E-state index in [0.717, 1.165) is 14.8 Å². The molecule has 2 atom stereocenters. The summed E-state index contributed by atoms with van der Waals surface area (Å²) in [6.07, 6.45) is 1.18. The number of hydrogen-bond donors (Lipinski definition) is 0. The molecule has 4 rings (SSSR count). The van der Waals surface area contributed by atoms with Crippen molar-refractivity contribution in [3.63, 3.8) is 0 Å². The Bertz CT molecular complexity index is 1370. The number of halogens is 1. The third kappa shape index (κ3) is 5.11. The average Bonchev–Trinajstić information content (AvgIpc) is 2.90. The highest BCUT2D eigenvalue weighted by molar-refractivity contribution is 6.30. The summed E-state index contributed by atoms with van der Waals surface area (Å²) in [6, 6.07) is 14.8. The summed E-state index contributed by atoms with van der Waals surface area (Å²) >= 11 is 6.01. The van der Waals surface area contributed by atoms with Crippen LogP contribution in [0.4, 0.5) is 0 Å². The maximum Gasteiger partial charge on any atom is 0.352 e. The third-order valence-electron chi connectivity index (χ3n) is 6.28. The first kappa shape index (κ1) is 25.4. The minimum absolute atomic E-state index is 0.118. The molecule has 0 bridgehead atoms. The van der Waals surface area contributed by atoms with Gasteiger partial charge in [-0.05, 0) is 56.5 Å². The van der Waals surface area contributed by atoms with Gasteiger partial charge < -0.3 is 9.64 Å². The van der Waals surface area contributed by atoms with Crippen molar-refractivity contribution in [3.8, 4) is 5.69 Å². The second kappa shape index (κ2) is 10.9. The van der Waals surface area contributed by atoms with Crippen LogP contribution in [0.2, 0.25) is 5.02 Å². The van der Waals surface area contributed by atoms with Gasteiger partial charge in [0, 0.05) is 18.1 Å². The van der Waals surface area contributed by atoms with Gasteiger partial charge in [0.2, 0.25) is 5.69 Å². The number of esters is 1. The topological polar surface area (TPSA) is 104 Å². The van der Waals surface area contributed by atoms with E-state index in [1.807, 2.05) is 18.2 Å². The standard InChI is InChI=1S/C26H27ClN4O5/c1-3-36-25(34)19-10-7-15-29(16-19)23(32)22-24(33)30(17(2)18-8-5-4-6-9-18)26(35)31(28-22)21-13-11-20(27)12-14-21/h4-6,8-9,11-14,17,19H,3,7,10,15-16H2,1-2H3/t17-,19-/m0/s1. The lowest BCUT2D eigenvalue weighted by molar-refractivity contribution is -0.149. The van der Waals surface area contributed by atoms with E-state index in [2.05, 4.69) is 5.10 Å². The number of carbonyl (C=O) groups excluding carboxylic acids is 2. The molecule has 1 aliphatic rings. The first-order valence-electron chi connectivity index (χ1n) is 11.8. The number of ether oxygens (including phenoxy) is 1. The van der Waals surface area contributed by atoms with Crippen molar-refractivity contribution >= 4 is 23.5 Å². The van der Waals surface area contributed by atoms with Crippen LogP contribution < -0.4 is 11.2 Å². The van der Waals surface area contributed by atoms with Crippen molar-refractivity contribution in [1.29, 1.82) is 0 Å². The number of rotatable bonds is 6. The molecule has 1 aliphatic heterocycles. The van der Waals surface area contributed by atoms with Crippen molar-refractivity contribution in [3.05, 3.63) is 91.7 Å². The summed E-state index contributed by atoms with van der Waals surface area (Å²) in [5.41, 5.74) is -0.778. The molecule has 36 heavy (non-hydrogen) atoms. The zero-order chi connectivity index (χ0) is 25.8. The zero-order valence-electron chi connectivity index (χ0n) is 20.1. The predicted molar refractivity (Wildman–Crippen MR) is 135 cm³/mol. The van der Waals surface area contributed by atoms with Crippen molar-refractivity contribution in [2.75, 3.05) is 19.7 Å². The van der Waals surface area contributed by atoms with Gasteiger partial charge in [-0.1, -0.05) is 41.9 Å². The Labute approximate surface area is 212 Å². The molecule has 0 saturated carbocycles. The number of amides is 1. The number of benzene rings is 2. The Morgan fingerprint density at radius 3 is 2.47 bits per heavy atom. The van der Waals surface area contributed by atoms with Crippen LogP contribution in [0, 0.1) is 5.92 Å². The molecule has 1 saturated heterocycles. The summed E-state index contributed by atoms with van der Waals surface area (Å²) in [5, 5.41) is 4.68. The predicted octanol–water partition coefficient (Wildman–Crippen LogP) is 3.07. The number of likely N-dealkylation sites (tertiary alicyclic amines) is 1. The van der Waals surface area contributed by atoms with Gasteiger partial charge in [0.1, 0.15) is 0 Å². The molecule has 3 aromatic rings.